The summed E-state index contributed by atoms with van der Waals surface area (Å²) in [4.78, 5) is 14.5. The van der Waals surface area contributed by atoms with Crippen LogP contribution in [0.25, 0.3) is 0 Å². The third kappa shape index (κ3) is 4.69. The molecule has 1 aliphatic heterocycles. The van der Waals surface area contributed by atoms with Crippen molar-refractivity contribution in [1.82, 2.24) is 10.2 Å². The largest absolute Gasteiger partial charge is 0.339 e. The van der Waals surface area contributed by atoms with E-state index in [9.17, 15) is 13.2 Å². The highest BCUT2D eigenvalue weighted by Gasteiger charge is 2.22. The van der Waals surface area contributed by atoms with Gasteiger partial charge >= 0.3 is 0 Å². The second-order valence-corrected chi connectivity index (χ2v) is 7.57. The molecule has 0 radical (unpaired) electrons. The van der Waals surface area contributed by atoms with Crippen LogP contribution in [0.2, 0.25) is 0 Å². The number of nitrogens with one attached hydrogen (secondary N) is 1. The second kappa shape index (κ2) is 7.94. The first-order valence-corrected chi connectivity index (χ1v) is 9.07. The number of hydrogen-bond donors (Lipinski definition) is 1. The average molecular weight is 347 g/mol. The Kier molecular flexibility index (Phi) is 6.84. The van der Waals surface area contributed by atoms with Crippen molar-refractivity contribution in [2.75, 3.05) is 26.4 Å². The number of hydrogen-bond acceptors (Lipinski definition) is 4. The van der Waals surface area contributed by atoms with Crippen LogP contribution in [-0.4, -0.2) is 51.7 Å². The molecule has 1 aromatic rings. The van der Waals surface area contributed by atoms with Crippen molar-refractivity contribution in [2.24, 2.45) is 0 Å². The van der Waals surface area contributed by atoms with Gasteiger partial charge in [0.25, 0.3) is 5.91 Å². The second-order valence-electron chi connectivity index (χ2n) is 5.55. The fourth-order valence-electron chi connectivity index (χ4n) is 2.62. The van der Waals surface area contributed by atoms with E-state index in [2.05, 4.69) is 5.32 Å². The molecule has 1 fully saturated rings. The molecule has 0 spiro atoms. The summed E-state index contributed by atoms with van der Waals surface area (Å²) in [6, 6.07) is 6.47. The van der Waals surface area contributed by atoms with Crippen LogP contribution < -0.4 is 5.32 Å². The summed E-state index contributed by atoms with van der Waals surface area (Å²) in [5.41, 5.74) is 0.428. The van der Waals surface area contributed by atoms with Crippen molar-refractivity contribution in [3.05, 3.63) is 29.8 Å². The van der Waals surface area contributed by atoms with Crippen LogP contribution >= 0.6 is 12.4 Å². The van der Waals surface area contributed by atoms with Crippen molar-refractivity contribution in [3.63, 3.8) is 0 Å². The minimum absolute atomic E-state index is 0. The molecule has 1 saturated heterocycles. The zero-order valence-electron chi connectivity index (χ0n) is 12.9. The van der Waals surface area contributed by atoms with Gasteiger partial charge in [0.05, 0.1) is 4.90 Å². The summed E-state index contributed by atoms with van der Waals surface area (Å²) in [6.45, 7) is 1.90. The molecule has 0 aromatic heterocycles. The lowest BCUT2D eigenvalue weighted by molar-refractivity contribution is 0.0720. The van der Waals surface area contributed by atoms with Gasteiger partial charge in [0.1, 0.15) is 0 Å². The van der Waals surface area contributed by atoms with Crippen molar-refractivity contribution < 1.29 is 13.2 Å². The minimum atomic E-state index is -3.30. The first-order chi connectivity index (χ1) is 9.89. The predicted octanol–water partition coefficient (Wildman–Crippen LogP) is 1.73. The van der Waals surface area contributed by atoms with E-state index in [4.69, 9.17) is 0 Å². The molecule has 0 bridgehead atoms. The standard InChI is InChI=1S/C15H22N2O3S.ClH/c1-17(13-6-4-9-16-10-8-13)15(18)12-5-3-7-14(11-12)21(2,19)20;/h3,5,7,11,13,16H,4,6,8-10H2,1-2H3;1H. The van der Waals surface area contributed by atoms with Gasteiger partial charge in [-0.1, -0.05) is 6.07 Å². The Morgan fingerprint density at radius 2 is 2.00 bits per heavy atom. The molecular weight excluding hydrogens is 324 g/mol. The van der Waals surface area contributed by atoms with Gasteiger partial charge in [-0.2, -0.15) is 0 Å². The van der Waals surface area contributed by atoms with Crippen LogP contribution in [0.1, 0.15) is 29.6 Å². The number of halogens is 1. The Balaban J connectivity index is 0.00000242. The van der Waals surface area contributed by atoms with Crippen LogP contribution in [0, 0.1) is 0 Å². The molecule has 1 heterocycles. The van der Waals surface area contributed by atoms with Crippen molar-refractivity contribution in [1.29, 1.82) is 0 Å². The number of sulfone groups is 1. The molecule has 1 amide bonds. The Morgan fingerprint density at radius 1 is 1.27 bits per heavy atom. The fourth-order valence-corrected chi connectivity index (χ4v) is 3.28. The zero-order valence-corrected chi connectivity index (χ0v) is 14.5. The van der Waals surface area contributed by atoms with Gasteiger partial charge in [-0.25, -0.2) is 8.42 Å². The maximum absolute atomic E-state index is 12.5. The highest BCUT2D eigenvalue weighted by atomic mass is 35.5. The summed E-state index contributed by atoms with van der Waals surface area (Å²) in [6.07, 6.45) is 4.10. The van der Waals surface area contributed by atoms with E-state index in [-0.39, 0.29) is 29.3 Å². The van der Waals surface area contributed by atoms with E-state index in [1.165, 1.54) is 12.1 Å². The third-order valence-electron chi connectivity index (χ3n) is 3.92. The number of carbonyl (C=O) groups excluding carboxylic acids is 1. The molecule has 1 atom stereocenters. The molecule has 0 saturated carbocycles. The monoisotopic (exact) mass is 346 g/mol. The molecule has 22 heavy (non-hydrogen) atoms. The van der Waals surface area contributed by atoms with Crippen molar-refractivity contribution >= 4 is 28.2 Å². The Hall–Kier alpha value is -1.11. The molecular formula is C15H23ClN2O3S. The van der Waals surface area contributed by atoms with Gasteiger partial charge in [-0.3, -0.25) is 4.79 Å². The van der Waals surface area contributed by atoms with E-state index in [0.717, 1.165) is 38.6 Å². The Labute approximate surface area is 138 Å². The van der Waals surface area contributed by atoms with Gasteiger partial charge in [0.15, 0.2) is 9.84 Å². The van der Waals surface area contributed by atoms with E-state index in [1.807, 2.05) is 0 Å². The summed E-state index contributed by atoms with van der Waals surface area (Å²) in [5, 5.41) is 3.32. The molecule has 124 valence electrons. The lowest BCUT2D eigenvalue weighted by Crippen LogP contribution is -2.37. The predicted molar refractivity (Wildman–Crippen MR) is 89.4 cm³/mol. The van der Waals surface area contributed by atoms with E-state index >= 15 is 0 Å². The van der Waals surface area contributed by atoms with Crippen LogP contribution in [-0.2, 0) is 9.84 Å². The fraction of sp³-hybridized carbons (Fsp3) is 0.533. The summed E-state index contributed by atoms with van der Waals surface area (Å²) < 4.78 is 23.2. The van der Waals surface area contributed by atoms with Crippen LogP contribution in [0.4, 0.5) is 0 Å². The molecule has 2 rings (SSSR count). The molecule has 1 aliphatic rings. The van der Waals surface area contributed by atoms with Crippen LogP contribution in [0.15, 0.2) is 29.2 Å². The van der Waals surface area contributed by atoms with Crippen molar-refractivity contribution in [2.45, 2.75) is 30.2 Å². The van der Waals surface area contributed by atoms with Crippen LogP contribution in [0.3, 0.4) is 0 Å². The smallest absolute Gasteiger partial charge is 0.253 e. The number of rotatable bonds is 3. The van der Waals surface area contributed by atoms with Crippen molar-refractivity contribution in [3.8, 4) is 0 Å². The maximum atomic E-state index is 12.5. The van der Waals surface area contributed by atoms with Crippen LogP contribution in [0.5, 0.6) is 0 Å². The van der Waals surface area contributed by atoms with E-state index in [1.54, 1.807) is 24.1 Å². The summed E-state index contributed by atoms with van der Waals surface area (Å²) >= 11 is 0. The lowest BCUT2D eigenvalue weighted by Gasteiger charge is -2.27. The summed E-state index contributed by atoms with van der Waals surface area (Å²) in [5.74, 6) is -0.118. The van der Waals surface area contributed by atoms with Gasteiger partial charge in [-0.05, 0) is 50.6 Å². The average Bonchev–Trinajstić information content (AvgIpc) is 2.74. The topological polar surface area (TPSA) is 66.5 Å². The maximum Gasteiger partial charge on any atom is 0.253 e. The molecule has 0 aliphatic carbocycles. The van der Waals surface area contributed by atoms with Gasteiger partial charge in [0.2, 0.25) is 0 Å². The first-order valence-electron chi connectivity index (χ1n) is 7.17. The first kappa shape index (κ1) is 18.9. The molecule has 1 N–H and O–H groups in total. The van der Waals surface area contributed by atoms with E-state index < -0.39 is 9.84 Å². The minimum Gasteiger partial charge on any atom is -0.339 e. The zero-order chi connectivity index (χ0) is 15.5. The number of carbonyl (C=O) groups is 1. The molecule has 1 aromatic carbocycles. The molecule has 1 unspecified atom stereocenters. The summed E-state index contributed by atoms with van der Waals surface area (Å²) in [7, 11) is -1.50. The van der Waals surface area contributed by atoms with Gasteiger partial charge in [0, 0.05) is 24.9 Å². The van der Waals surface area contributed by atoms with Gasteiger partial charge < -0.3 is 10.2 Å². The highest BCUT2D eigenvalue weighted by molar-refractivity contribution is 7.90. The highest BCUT2D eigenvalue weighted by Crippen LogP contribution is 2.17. The van der Waals surface area contributed by atoms with E-state index in [0.29, 0.717) is 5.56 Å². The lowest BCUT2D eigenvalue weighted by atomic mass is 10.1. The Morgan fingerprint density at radius 3 is 2.68 bits per heavy atom. The van der Waals surface area contributed by atoms with Gasteiger partial charge in [-0.15, -0.1) is 12.4 Å². The Bertz CT molecular complexity index is 611. The number of benzene rings is 1. The SMILES string of the molecule is CN(C(=O)c1cccc(S(C)(=O)=O)c1)C1CCCNCC1.Cl. The molecule has 5 nitrogen and oxygen atoms in total. The number of amides is 1. The number of nitrogens with zero attached hydrogens (tertiary/aromatic N) is 1. The normalized spacial score (nSPS) is 18.9. The quantitative estimate of drug-likeness (QED) is 0.905. The molecule has 7 heteroatoms. The third-order valence-corrected chi connectivity index (χ3v) is 5.03.